The van der Waals surface area contributed by atoms with Crippen LogP contribution in [0.4, 0.5) is 5.82 Å². The molecule has 0 saturated carbocycles. The van der Waals surface area contributed by atoms with Gasteiger partial charge in [-0.15, -0.1) is 0 Å². The molecule has 33 heavy (non-hydrogen) atoms. The van der Waals surface area contributed by atoms with Crippen molar-refractivity contribution in [3.63, 3.8) is 0 Å². The van der Waals surface area contributed by atoms with Crippen molar-refractivity contribution in [2.24, 2.45) is 0 Å². The minimum atomic E-state index is -4.93. The molecule has 3 rings (SSSR count). The Morgan fingerprint density at radius 3 is 2.52 bits per heavy atom. The first kappa shape index (κ1) is 26.7. The average molecular weight is 563 g/mol. The predicted octanol–water partition coefficient (Wildman–Crippen LogP) is -0.182. The van der Waals surface area contributed by atoms with Crippen LogP contribution < -0.4 is 5.73 Å². The molecule has 1 aliphatic rings. The number of hydrogen-bond acceptors (Lipinski definition) is 11. The molecule has 3 heterocycles. The first-order valence-corrected chi connectivity index (χ1v) is 18.8. The third kappa shape index (κ3) is 5.69. The molecule has 8 N–H and O–H groups in total. The molecule has 4 unspecified atom stereocenters. The van der Waals surface area contributed by atoms with E-state index in [0.29, 0.717) is 0 Å². The Balaban J connectivity index is 1.80. The maximum Gasteiger partial charge on any atom is 0.353 e. The van der Waals surface area contributed by atoms with Crippen LogP contribution in [0.2, 0.25) is 0 Å². The monoisotopic (exact) mass is 563 g/mol. The minimum Gasteiger partial charge on any atom is -0.387 e. The van der Waals surface area contributed by atoms with Crippen molar-refractivity contribution in [2.75, 3.05) is 12.3 Å². The zero-order chi connectivity index (χ0) is 24.8. The smallest absolute Gasteiger partial charge is 0.353 e. The van der Waals surface area contributed by atoms with Crippen molar-refractivity contribution in [3.8, 4) is 6.07 Å². The molecular formula is C12H18N5O11P5. The fraction of sp³-hybridized carbons (Fsp3) is 0.417. The zero-order valence-electron chi connectivity index (χ0n) is 16.1. The molecule has 0 bridgehead atoms. The second kappa shape index (κ2) is 9.30. The van der Waals surface area contributed by atoms with E-state index in [9.17, 15) is 39.0 Å². The van der Waals surface area contributed by atoms with Gasteiger partial charge in [-0.3, -0.25) is 13.7 Å². The fourth-order valence-corrected chi connectivity index (χ4v) is 25.8. The molecule has 0 amide bonds. The number of nitrogen functional groups attached to an aromatic ring is 1. The second-order valence-electron chi connectivity index (χ2n) is 6.74. The molecule has 0 aliphatic carbocycles. The average Bonchev–Trinajstić information content (AvgIpc) is 3.20. The van der Waals surface area contributed by atoms with E-state index in [1.807, 2.05) is 0 Å². The third-order valence-corrected chi connectivity index (χ3v) is 24.4. The molecule has 0 radical (unpaired) electrons. The highest BCUT2D eigenvalue weighted by Crippen LogP contribution is 2.93. The van der Waals surface area contributed by atoms with Crippen LogP contribution in [0.15, 0.2) is 18.5 Å². The summed E-state index contributed by atoms with van der Waals surface area (Å²) in [6.07, 6.45) is -4.12. The zero-order valence-corrected chi connectivity index (χ0v) is 20.8. The van der Waals surface area contributed by atoms with Gasteiger partial charge in [0.05, 0.1) is 28.2 Å². The maximum atomic E-state index is 12.2. The molecule has 2 aromatic heterocycles. The molecule has 1 fully saturated rings. The number of nitriles is 1. The van der Waals surface area contributed by atoms with Gasteiger partial charge in [-0.05, 0) is 12.1 Å². The lowest BCUT2D eigenvalue weighted by Gasteiger charge is -2.24. The molecular weight excluding hydrogens is 545 g/mol. The lowest BCUT2D eigenvalue weighted by atomic mass is 9.92. The lowest BCUT2D eigenvalue weighted by Crippen LogP contribution is -2.41. The van der Waals surface area contributed by atoms with Gasteiger partial charge in [0.15, 0.2) is 5.82 Å². The summed E-state index contributed by atoms with van der Waals surface area (Å²) in [6.45, 7) is -5.61. The van der Waals surface area contributed by atoms with Crippen LogP contribution in [0.25, 0.3) is 5.52 Å². The summed E-state index contributed by atoms with van der Waals surface area (Å²) in [5.41, 5.74) is 3.80. The van der Waals surface area contributed by atoms with Gasteiger partial charge in [0.1, 0.15) is 36.2 Å². The second-order valence-corrected chi connectivity index (χ2v) is 23.9. The van der Waals surface area contributed by atoms with Gasteiger partial charge in [-0.25, -0.2) is 9.50 Å². The fourth-order valence-electron chi connectivity index (χ4n) is 3.12. The Bertz CT molecular complexity index is 1240. The molecule has 8 atom stereocenters. The van der Waals surface area contributed by atoms with Gasteiger partial charge in [0.2, 0.25) is 5.60 Å². The van der Waals surface area contributed by atoms with Gasteiger partial charge >= 0.3 is 14.6 Å². The van der Waals surface area contributed by atoms with Crippen molar-refractivity contribution in [1.29, 1.82) is 5.26 Å². The van der Waals surface area contributed by atoms with E-state index in [2.05, 4.69) is 10.1 Å². The summed E-state index contributed by atoms with van der Waals surface area (Å²) in [6, 6.07) is 4.55. The largest absolute Gasteiger partial charge is 0.387 e. The third-order valence-electron chi connectivity index (χ3n) is 4.43. The van der Waals surface area contributed by atoms with Crippen molar-refractivity contribution in [3.05, 3.63) is 24.2 Å². The Kier molecular flexibility index (Phi) is 7.54. The number of rotatable bonds is 8. The normalized spacial score (nSPS) is 30.2. The van der Waals surface area contributed by atoms with Crippen LogP contribution in [0.1, 0.15) is 5.69 Å². The Labute approximate surface area is 188 Å². The number of nitrogens with two attached hydrogens (primary N) is 1. The van der Waals surface area contributed by atoms with Gasteiger partial charge in [0.25, 0.3) is 6.75 Å². The topological polar surface area (TPSA) is 271 Å². The van der Waals surface area contributed by atoms with Crippen molar-refractivity contribution < 1.29 is 52.7 Å². The van der Waals surface area contributed by atoms with Crippen LogP contribution in [-0.4, -0.2) is 69.3 Å². The van der Waals surface area contributed by atoms with E-state index in [1.165, 1.54) is 12.1 Å². The van der Waals surface area contributed by atoms with E-state index >= 15 is 0 Å². The molecule has 16 nitrogen and oxygen atoms in total. The summed E-state index contributed by atoms with van der Waals surface area (Å²) >= 11 is 0. The molecule has 21 heteroatoms. The number of nitrogens with zero attached hydrogens (tertiary/aromatic N) is 4. The van der Waals surface area contributed by atoms with Crippen LogP contribution in [0.5, 0.6) is 0 Å². The van der Waals surface area contributed by atoms with E-state index < -0.39 is 67.8 Å². The number of aliphatic hydroxyl groups excluding tert-OH is 2. The highest BCUT2D eigenvalue weighted by Gasteiger charge is 2.58. The first-order valence-electron chi connectivity index (χ1n) is 8.59. The van der Waals surface area contributed by atoms with Crippen LogP contribution in [0.3, 0.4) is 0 Å². The van der Waals surface area contributed by atoms with Gasteiger partial charge in [-0.2, -0.15) is 10.4 Å². The minimum absolute atomic E-state index is 0.0279. The summed E-state index contributed by atoms with van der Waals surface area (Å²) < 4.78 is 46.5. The number of fused-ring (bicyclic) bond motifs is 1. The molecule has 1 saturated heterocycles. The summed E-state index contributed by atoms with van der Waals surface area (Å²) in [4.78, 5) is 41.0. The highest BCUT2D eigenvalue weighted by atomic mass is 32.8. The standard InChI is InChI=1S/C12H18N5O11P5/c13-4-12(8-2-1-6-11(14)15-5-16-17(6)8)10(19)9(18)7(28-12)3-27-32(23,24)30-33(25,26)29-31(20,21)22/h1-2,5,7,9-10,18-19,29-30H,3H2,(H,23,24)(H,25,26)(H2,14,15,16)(H2,20,21,22)/t7-,9-,10-,12+/m1/s1. The molecule has 182 valence electrons. The van der Waals surface area contributed by atoms with Crippen LogP contribution >= 0.6 is 37.2 Å². The van der Waals surface area contributed by atoms with E-state index in [-0.39, 0.29) is 17.0 Å². The Morgan fingerprint density at radius 2 is 1.91 bits per heavy atom. The number of ether oxygens (including phenoxy) is 1. The first-order chi connectivity index (χ1) is 15.1. The quantitative estimate of drug-likeness (QED) is 0.205. The van der Waals surface area contributed by atoms with Gasteiger partial charge in [0, 0.05) is 0 Å². The number of aromatic nitrogens is 3. The van der Waals surface area contributed by atoms with Gasteiger partial charge in [-0.1, -0.05) is 0 Å². The lowest BCUT2D eigenvalue weighted by molar-refractivity contribution is -0.0615. The van der Waals surface area contributed by atoms with Crippen molar-refractivity contribution >= 4 is 48.6 Å². The molecule has 0 aromatic carbocycles. The van der Waals surface area contributed by atoms with Crippen molar-refractivity contribution in [2.45, 2.75) is 23.9 Å². The number of aliphatic hydroxyl groups is 2. The summed E-state index contributed by atoms with van der Waals surface area (Å²) in [5.74, 6) is 0.0592. The summed E-state index contributed by atoms with van der Waals surface area (Å²) in [5, 5.41) is 34.7. The predicted molar refractivity (Wildman–Crippen MR) is 116 cm³/mol. The number of anilines is 1. The van der Waals surface area contributed by atoms with E-state index in [0.717, 1.165) is 10.8 Å². The van der Waals surface area contributed by atoms with E-state index in [4.69, 9.17) is 24.8 Å². The Morgan fingerprint density at radius 1 is 1.24 bits per heavy atom. The highest BCUT2D eigenvalue weighted by molar-refractivity contribution is 8.78. The van der Waals surface area contributed by atoms with Crippen molar-refractivity contribution in [1.82, 2.24) is 14.6 Å². The SMILES string of the molecule is N#C[C@@]1(c2ccc3c(N)ncnn23)O[C@H](COP(=O)(O)PP(=O)(O)PP(=O)(O)O)[C@@H](O)[C@H]1O. The Hall–Kier alpha value is -0.860. The van der Waals surface area contributed by atoms with Gasteiger partial charge < -0.3 is 44.8 Å². The molecule has 1 aliphatic heterocycles. The van der Waals surface area contributed by atoms with Crippen LogP contribution in [-0.2, 0) is 28.6 Å². The van der Waals surface area contributed by atoms with Crippen LogP contribution in [0, 0.1) is 11.3 Å². The molecule has 2 aromatic rings. The van der Waals surface area contributed by atoms with E-state index in [1.54, 1.807) is 6.07 Å². The maximum absolute atomic E-state index is 12.2. The summed E-state index contributed by atoms with van der Waals surface area (Å²) in [7, 11) is -13.4. The number of hydrogen-bond donors (Lipinski definition) is 7. The molecule has 0 spiro atoms.